The molecule has 15 heavy (non-hydrogen) atoms. The number of hydrogen-bond donors (Lipinski definition) is 0. The lowest BCUT2D eigenvalue weighted by molar-refractivity contribution is 0.767. The summed E-state index contributed by atoms with van der Waals surface area (Å²) in [5, 5.41) is 4.44. The second kappa shape index (κ2) is 4.16. The number of rotatable bonds is 0. The van der Waals surface area contributed by atoms with Gasteiger partial charge in [0.05, 0.1) is 17.3 Å². The second-order valence-electron chi connectivity index (χ2n) is 2.99. The Morgan fingerprint density at radius 3 is 2.93 bits per heavy atom. The molecule has 0 spiro atoms. The van der Waals surface area contributed by atoms with E-state index < -0.39 is 0 Å². The molecule has 74 valence electrons. The molecule has 0 radical (unpaired) electrons. The molecule has 2 aromatic heterocycles. The fourth-order valence-electron chi connectivity index (χ4n) is 1.10. The Hall–Kier alpha value is -1.79. The van der Waals surface area contributed by atoms with Gasteiger partial charge in [0, 0.05) is 19.4 Å². The number of aryl methyl sites for hydroxylation is 1. The Morgan fingerprint density at radius 2 is 2.27 bits per heavy atom. The predicted molar refractivity (Wildman–Crippen MR) is 58.4 cm³/mol. The van der Waals surface area contributed by atoms with Gasteiger partial charge in [-0.25, -0.2) is 4.98 Å². The van der Waals surface area contributed by atoms with Crippen molar-refractivity contribution in [3.05, 3.63) is 47.0 Å². The predicted octanol–water partition coefficient (Wildman–Crippen LogP) is 1.87. The van der Waals surface area contributed by atoms with Crippen molar-refractivity contribution in [2.24, 2.45) is 7.05 Å². The van der Waals surface area contributed by atoms with Crippen molar-refractivity contribution in [3.63, 3.8) is 0 Å². The summed E-state index contributed by atoms with van der Waals surface area (Å²) in [5.41, 5.74) is 1.58. The summed E-state index contributed by atoms with van der Waals surface area (Å²) < 4.78 is 1.70. The lowest BCUT2D eigenvalue weighted by Crippen LogP contribution is -1.84. The average molecular weight is 218 g/mol. The maximum Gasteiger partial charge on any atom is 0.144 e. The standard InChI is InChI=1S/C11H8ClN3/c1-15-8-9(7-14-15)4-5-10-3-2-6-13-11(10)12/h2-3,6-8H,1H3. The maximum atomic E-state index is 5.86. The Morgan fingerprint density at radius 1 is 1.40 bits per heavy atom. The Balaban J connectivity index is 2.30. The molecule has 0 amide bonds. The zero-order valence-electron chi connectivity index (χ0n) is 8.11. The Bertz CT molecular complexity index is 534. The zero-order valence-corrected chi connectivity index (χ0v) is 8.86. The van der Waals surface area contributed by atoms with Crippen LogP contribution in [0.4, 0.5) is 0 Å². The highest BCUT2D eigenvalue weighted by Crippen LogP contribution is 2.09. The molecule has 0 saturated carbocycles. The van der Waals surface area contributed by atoms with Crippen LogP contribution in [0.5, 0.6) is 0 Å². The van der Waals surface area contributed by atoms with Gasteiger partial charge in [-0.2, -0.15) is 5.10 Å². The van der Waals surface area contributed by atoms with Gasteiger partial charge in [-0.05, 0) is 12.1 Å². The van der Waals surface area contributed by atoms with Crippen molar-refractivity contribution < 1.29 is 0 Å². The first kappa shape index (κ1) is 9.75. The third-order valence-corrected chi connectivity index (χ3v) is 2.11. The van der Waals surface area contributed by atoms with E-state index in [2.05, 4.69) is 21.9 Å². The summed E-state index contributed by atoms with van der Waals surface area (Å²) in [6, 6.07) is 3.64. The molecule has 0 atom stereocenters. The molecular formula is C11H8ClN3. The fraction of sp³-hybridized carbons (Fsp3) is 0.0909. The van der Waals surface area contributed by atoms with Crippen LogP contribution in [0, 0.1) is 11.8 Å². The molecule has 3 nitrogen and oxygen atoms in total. The summed E-state index contributed by atoms with van der Waals surface area (Å²) in [6.45, 7) is 0. The smallest absolute Gasteiger partial charge is 0.144 e. The van der Waals surface area contributed by atoms with Crippen LogP contribution < -0.4 is 0 Å². The van der Waals surface area contributed by atoms with Crippen LogP contribution in [0.3, 0.4) is 0 Å². The lowest BCUT2D eigenvalue weighted by Gasteiger charge is -1.90. The van der Waals surface area contributed by atoms with Crippen LogP contribution in [-0.2, 0) is 7.05 Å². The van der Waals surface area contributed by atoms with E-state index in [1.807, 2.05) is 19.3 Å². The number of pyridine rings is 1. The Labute approximate surface area is 92.7 Å². The molecule has 0 aliphatic heterocycles. The first-order valence-electron chi connectivity index (χ1n) is 4.37. The quantitative estimate of drug-likeness (QED) is 0.498. The topological polar surface area (TPSA) is 30.7 Å². The third kappa shape index (κ3) is 2.36. The molecule has 4 heteroatoms. The van der Waals surface area contributed by atoms with Gasteiger partial charge >= 0.3 is 0 Å². The number of hydrogen-bond acceptors (Lipinski definition) is 2. The molecule has 0 N–H and O–H groups in total. The molecule has 0 saturated heterocycles. The van der Waals surface area contributed by atoms with Crippen LogP contribution in [0.15, 0.2) is 30.7 Å². The third-order valence-electron chi connectivity index (χ3n) is 1.81. The van der Waals surface area contributed by atoms with Gasteiger partial charge in [-0.3, -0.25) is 4.68 Å². The first-order chi connectivity index (χ1) is 7.25. The van der Waals surface area contributed by atoms with E-state index >= 15 is 0 Å². The molecular weight excluding hydrogens is 210 g/mol. The SMILES string of the molecule is Cn1cc(C#Cc2cccnc2Cl)cn1. The van der Waals surface area contributed by atoms with Crippen LogP contribution in [0.2, 0.25) is 5.15 Å². The van der Waals surface area contributed by atoms with Crippen molar-refractivity contribution >= 4 is 11.6 Å². The molecule has 2 rings (SSSR count). The van der Waals surface area contributed by atoms with E-state index in [0.29, 0.717) is 5.15 Å². The minimum Gasteiger partial charge on any atom is -0.275 e. The van der Waals surface area contributed by atoms with Gasteiger partial charge in [0.1, 0.15) is 5.15 Å². The van der Waals surface area contributed by atoms with E-state index in [1.54, 1.807) is 23.1 Å². The maximum absolute atomic E-state index is 5.86. The molecule has 2 aromatic rings. The summed E-state index contributed by atoms with van der Waals surface area (Å²) >= 11 is 5.86. The summed E-state index contributed by atoms with van der Waals surface area (Å²) in [7, 11) is 1.85. The zero-order chi connectivity index (χ0) is 10.7. The van der Waals surface area contributed by atoms with E-state index in [4.69, 9.17) is 11.6 Å². The summed E-state index contributed by atoms with van der Waals surface area (Å²) in [4.78, 5) is 3.94. The number of aromatic nitrogens is 3. The highest BCUT2D eigenvalue weighted by Gasteiger charge is 1.95. The highest BCUT2D eigenvalue weighted by molar-refractivity contribution is 6.30. The van der Waals surface area contributed by atoms with E-state index in [0.717, 1.165) is 11.1 Å². The molecule has 0 bridgehead atoms. The Kier molecular flexibility index (Phi) is 2.70. The van der Waals surface area contributed by atoms with Crippen LogP contribution in [-0.4, -0.2) is 14.8 Å². The van der Waals surface area contributed by atoms with E-state index in [-0.39, 0.29) is 0 Å². The fourth-order valence-corrected chi connectivity index (χ4v) is 1.27. The first-order valence-corrected chi connectivity index (χ1v) is 4.75. The molecule has 2 heterocycles. The van der Waals surface area contributed by atoms with Crippen molar-refractivity contribution in [3.8, 4) is 11.8 Å². The molecule has 0 aliphatic rings. The molecule has 0 aromatic carbocycles. The van der Waals surface area contributed by atoms with Gasteiger partial charge in [-0.15, -0.1) is 0 Å². The number of halogens is 1. The normalized spacial score (nSPS) is 9.47. The monoisotopic (exact) mass is 217 g/mol. The molecule has 0 aliphatic carbocycles. The van der Waals surface area contributed by atoms with Crippen molar-refractivity contribution in [2.75, 3.05) is 0 Å². The van der Waals surface area contributed by atoms with Crippen molar-refractivity contribution in [1.29, 1.82) is 0 Å². The molecule has 0 fully saturated rings. The number of nitrogens with zero attached hydrogens (tertiary/aromatic N) is 3. The van der Waals surface area contributed by atoms with Gasteiger partial charge in [0.15, 0.2) is 0 Å². The summed E-state index contributed by atoms with van der Waals surface area (Å²) in [5.74, 6) is 5.91. The van der Waals surface area contributed by atoms with E-state index in [9.17, 15) is 0 Å². The van der Waals surface area contributed by atoms with E-state index in [1.165, 1.54) is 0 Å². The van der Waals surface area contributed by atoms with Gasteiger partial charge in [0.2, 0.25) is 0 Å². The van der Waals surface area contributed by atoms with Crippen LogP contribution in [0.25, 0.3) is 0 Å². The second-order valence-corrected chi connectivity index (χ2v) is 3.35. The van der Waals surface area contributed by atoms with Crippen molar-refractivity contribution in [2.45, 2.75) is 0 Å². The lowest BCUT2D eigenvalue weighted by atomic mass is 10.2. The highest BCUT2D eigenvalue weighted by atomic mass is 35.5. The minimum atomic E-state index is 0.425. The van der Waals surface area contributed by atoms with Crippen LogP contribution in [0.1, 0.15) is 11.1 Å². The van der Waals surface area contributed by atoms with Gasteiger partial charge < -0.3 is 0 Å². The van der Waals surface area contributed by atoms with Crippen molar-refractivity contribution in [1.82, 2.24) is 14.8 Å². The average Bonchev–Trinajstić information content (AvgIpc) is 2.63. The van der Waals surface area contributed by atoms with Crippen LogP contribution >= 0.6 is 11.6 Å². The summed E-state index contributed by atoms with van der Waals surface area (Å²) in [6.07, 6.45) is 5.19. The minimum absolute atomic E-state index is 0.425. The van der Waals surface area contributed by atoms with Gasteiger partial charge in [-0.1, -0.05) is 23.4 Å². The molecule has 0 unspecified atom stereocenters. The largest absolute Gasteiger partial charge is 0.275 e. The van der Waals surface area contributed by atoms with Gasteiger partial charge in [0.25, 0.3) is 0 Å².